The van der Waals surface area contributed by atoms with E-state index in [1.54, 1.807) is 30.7 Å². The Morgan fingerprint density at radius 2 is 2.00 bits per heavy atom. The van der Waals surface area contributed by atoms with E-state index in [4.69, 9.17) is 9.47 Å². The molecule has 146 valence electrons. The summed E-state index contributed by atoms with van der Waals surface area (Å²) in [6.45, 7) is 2.33. The lowest BCUT2D eigenvalue weighted by Crippen LogP contribution is -2.19. The highest BCUT2D eigenvalue weighted by molar-refractivity contribution is 7.16. The highest BCUT2D eigenvalue weighted by atomic mass is 32.1. The highest BCUT2D eigenvalue weighted by Gasteiger charge is 2.14. The topological polar surface area (TPSA) is 69.9 Å². The van der Waals surface area contributed by atoms with E-state index in [-0.39, 0.29) is 24.5 Å². The molecule has 0 fully saturated rings. The number of rotatable bonds is 6. The van der Waals surface area contributed by atoms with Gasteiger partial charge in [-0.2, -0.15) is 4.99 Å². The number of carbonyl (C=O) groups is 2. The van der Waals surface area contributed by atoms with Crippen LogP contribution in [0.4, 0.5) is 4.39 Å². The third kappa shape index (κ3) is 4.28. The minimum Gasteiger partial charge on any atom is -0.497 e. The fourth-order valence-corrected chi connectivity index (χ4v) is 3.78. The van der Waals surface area contributed by atoms with E-state index in [9.17, 15) is 14.0 Å². The first kappa shape index (κ1) is 19.8. The summed E-state index contributed by atoms with van der Waals surface area (Å²) in [6.07, 6.45) is 0.132. The molecule has 3 aromatic rings. The maximum Gasteiger partial charge on any atom is 0.307 e. The van der Waals surface area contributed by atoms with Gasteiger partial charge in [0.2, 0.25) is 0 Å². The lowest BCUT2D eigenvalue weighted by Gasteiger charge is -2.06. The fourth-order valence-electron chi connectivity index (χ4n) is 2.70. The number of nitrogens with zero attached hydrogens (tertiary/aromatic N) is 2. The van der Waals surface area contributed by atoms with Crippen LogP contribution in [-0.4, -0.2) is 30.2 Å². The number of aryl methyl sites for hydroxylation is 1. The number of hydrogen-bond donors (Lipinski definition) is 0. The van der Waals surface area contributed by atoms with Crippen molar-refractivity contribution in [2.24, 2.45) is 4.99 Å². The number of fused-ring (bicyclic) bond motifs is 1. The van der Waals surface area contributed by atoms with Crippen molar-refractivity contribution in [1.82, 2.24) is 4.57 Å². The molecule has 0 aliphatic rings. The van der Waals surface area contributed by atoms with Gasteiger partial charge in [-0.25, -0.2) is 4.39 Å². The maximum absolute atomic E-state index is 13.9. The zero-order valence-electron chi connectivity index (χ0n) is 15.5. The van der Waals surface area contributed by atoms with Gasteiger partial charge in [0.25, 0.3) is 5.91 Å². The average Bonchev–Trinajstić information content (AvgIpc) is 3.02. The molecule has 8 heteroatoms. The highest BCUT2D eigenvalue weighted by Crippen LogP contribution is 2.23. The average molecular weight is 402 g/mol. The number of methoxy groups -OCH3 is 1. The summed E-state index contributed by atoms with van der Waals surface area (Å²) in [7, 11) is 1.57. The van der Waals surface area contributed by atoms with E-state index >= 15 is 0 Å². The van der Waals surface area contributed by atoms with Crippen molar-refractivity contribution in [1.29, 1.82) is 0 Å². The van der Waals surface area contributed by atoms with Crippen molar-refractivity contribution in [3.63, 3.8) is 0 Å². The zero-order chi connectivity index (χ0) is 20.1. The van der Waals surface area contributed by atoms with Crippen molar-refractivity contribution in [3.05, 3.63) is 58.6 Å². The molecule has 1 aromatic heterocycles. The van der Waals surface area contributed by atoms with Gasteiger partial charge in [-0.3, -0.25) is 9.59 Å². The molecule has 0 saturated heterocycles. The van der Waals surface area contributed by atoms with Crippen molar-refractivity contribution < 1.29 is 23.5 Å². The van der Waals surface area contributed by atoms with Crippen LogP contribution < -0.4 is 9.54 Å². The quantitative estimate of drug-likeness (QED) is 0.592. The second-order valence-corrected chi connectivity index (χ2v) is 6.83. The number of halogens is 1. The second-order valence-electron chi connectivity index (χ2n) is 5.82. The number of hydrogen-bond acceptors (Lipinski definition) is 5. The van der Waals surface area contributed by atoms with Gasteiger partial charge >= 0.3 is 5.97 Å². The van der Waals surface area contributed by atoms with E-state index in [0.717, 1.165) is 10.2 Å². The summed E-state index contributed by atoms with van der Waals surface area (Å²) in [5, 5.41) is 0. The standard InChI is InChI=1S/C20H19FN2O4S/c1-3-27-18(24)10-11-23-16-9-8-13(26-2)12-17(16)28-20(23)22-19(25)14-6-4-5-7-15(14)21/h4-9,12H,3,10-11H2,1-2H3. The van der Waals surface area contributed by atoms with Gasteiger partial charge in [-0.1, -0.05) is 23.5 Å². The van der Waals surface area contributed by atoms with E-state index in [1.807, 2.05) is 12.1 Å². The number of ether oxygens (including phenoxy) is 2. The van der Waals surface area contributed by atoms with Crippen LogP contribution in [0.15, 0.2) is 47.5 Å². The van der Waals surface area contributed by atoms with E-state index in [1.165, 1.54) is 29.5 Å². The molecule has 0 N–H and O–H groups in total. The van der Waals surface area contributed by atoms with E-state index < -0.39 is 11.7 Å². The van der Waals surface area contributed by atoms with Crippen LogP contribution in [0.1, 0.15) is 23.7 Å². The first-order valence-electron chi connectivity index (χ1n) is 8.70. The SMILES string of the molecule is CCOC(=O)CCn1c(=NC(=O)c2ccccc2F)sc2cc(OC)ccc21. The molecule has 0 unspecified atom stereocenters. The minimum absolute atomic E-state index is 0.102. The van der Waals surface area contributed by atoms with Gasteiger partial charge in [0, 0.05) is 6.54 Å². The Bertz CT molecular complexity index is 1090. The predicted molar refractivity (Wildman–Crippen MR) is 104 cm³/mol. The van der Waals surface area contributed by atoms with Gasteiger partial charge in [-0.15, -0.1) is 0 Å². The summed E-state index contributed by atoms with van der Waals surface area (Å²) in [6, 6.07) is 11.1. The van der Waals surface area contributed by atoms with E-state index in [2.05, 4.69) is 4.99 Å². The van der Waals surface area contributed by atoms with Crippen molar-refractivity contribution in [2.45, 2.75) is 19.9 Å². The molecule has 1 heterocycles. The Hall–Kier alpha value is -3.00. The smallest absolute Gasteiger partial charge is 0.307 e. The fraction of sp³-hybridized carbons (Fsp3) is 0.250. The Morgan fingerprint density at radius 1 is 1.21 bits per heavy atom. The molecule has 0 spiro atoms. The number of benzene rings is 2. The molecule has 0 bridgehead atoms. The molecule has 3 rings (SSSR count). The Balaban J connectivity index is 2.06. The number of esters is 1. The third-order valence-corrected chi connectivity index (χ3v) is 5.08. The van der Waals surface area contributed by atoms with Crippen molar-refractivity contribution in [2.75, 3.05) is 13.7 Å². The molecule has 6 nitrogen and oxygen atoms in total. The molecule has 0 atom stereocenters. The van der Waals surface area contributed by atoms with Gasteiger partial charge in [0.15, 0.2) is 4.80 Å². The second kappa shape index (κ2) is 8.79. The summed E-state index contributed by atoms with van der Waals surface area (Å²) in [5.41, 5.74) is 0.699. The van der Waals surface area contributed by atoms with Crippen LogP contribution in [0, 0.1) is 5.82 Å². The van der Waals surface area contributed by atoms with Crippen LogP contribution in [0.5, 0.6) is 5.75 Å². The molecule has 0 aliphatic carbocycles. The molecular weight excluding hydrogens is 383 g/mol. The van der Waals surface area contributed by atoms with Crippen LogP contribution in [0.3, 0.4) is 0 Å². The number of aromatic nitrogens is 1. The van der Waals surface area contributed by atoms with Crippen molar-refractivity contribution >= 4 is 33.4 Å². The van der Waals surface area contributed by atoms with Crippen molar-refractivity contribution in [3.8, 4) is 5.75 Å². The van der Waals surface area contributed by atoms with Crippen LogP contribution >= 0.6 is 11.3 Å². The lowest BCUT2D eigenvalue weighted by molar-refractivity contribution is -0.143. The molecule has 28 heavy (non-hydrogen) atoms. The zero-order valence-corrected chi connectivity index (χ0v) is 16.3. The summed E-state index contributed by atoms with van der Waals surface area (Å²) >= 11 is 1.27. The monoisotopic (exact) mass is 402 g/mol. The molecule has 0 radical (unpaired) electrons. The molecule has 0 aliphatic heterocycles. The van der Waals surface area contributed by atoms with Gasteiger partial charge in [0.1, 0.15) is 11.6 Å². The van der Waals surface area contributed by atoms with Crippen LogP contribution in [0.25, 0.3) is 10.2 Å². The van der Waals surface area contributed by atoms with Crippen LogP contribution in [-0.2, 0) is 16.1 Å². The Kier molecular flexibility index (Phi) is 6.20. The summed E-state index contributed by atoms with van der Waals surface area (Å²) < 4.78 is 26.7. The minimum atomic E-state index is -0.679. The third-order valence-electron chi connectivity index (χ3n) is 4.04. The molecule has 0 saturated carbocycles. The summed E-state index contributed by atoms with van der Waals surface area (Å²) in [5.74, 6) is -0.980. The number of carbonyl (C=O) groups excluding carboxylic acids is 2. The normalized spacial score (nSPS) is 11.6. The number of amides is 1. The molecular formula is C20H19FN2O4S. The Morgan fingerprint density at radius 3 is 2.71 bits per heavy atom. The first-order valence-corrected chi connectivity index (χ1v) is 9.51. The number of thiazole rings is 1. The largest absolute Gasteiger partial charge is 0.497 e. The van der Waals surface area contributed by atoms with E-state index in [0.29, 0.717) is 17.2 Å². The van der Waals surface area contributed by atoms with Gasteiger partial charge in [0.05, 0.1) is 35.9 Å². The predicted octanol–water partition coefficient (Wildman–Crippen LogP) is 3.54. The molecule has 2 aromatic carbocycles. The van der Waals surface area contributed by atoms with Gasteiger partial charge < -0.3 is 14.0 Å². The van der Waals surface area contributed by atoms with Crippen LogP contribution in [0.2, 0.25) is 0 Å². The maximum atomic E-state index is 13.9. The lowest BCUT2D eigenvalue weighted by atomic mass is 10.2. The summed E-state index contributed by atoms with van der Waals surface area (Å²) in [4.78, 5) is 28.8. The Labute approximate surface area is 164 Å². The first-order chi connectivity index (χ1) is 13.5. The van der Waals surface area contributed by atoms with Gasteiger partial charge in [-0.05, 0) is 37.3 Å². The molecule has 1 amide bonds.